The van der Waals surface area contributed by atoms with E-state index in [1.54, 1.807) is 41.2 Å². The zero-order chi connectivity index (χ0) is 22.4. The van der Waals surface area contributed by atoms with Crippen LogP contribution >= 0.6 is 19.2 Å². The summed E-state index contributed by atoms with van der Waals surface area (Å²) in [6.45, 7) is 0. The van der Waals surface area contributed by atoms with Crippen LogP contribution < -0.4 is 5.32 Å². The molecule has 9 heteroatoms. The Kier molecular flexibility index (Phi) is 7.46. The Labute approximate surface area is 186 Å². The lowest BCUT2D eigenvalue weighted by molar-refractivity contribution is -0.111. The molecule has 0 fully saturated rings. The molecule has 162 valence electrons. The van der Waals surface area contributed by atoms with Crippen LogP contribution in [-0.2, 0) is 31.6 Å². The maximum atomic E-state index is 12.4. The summed E-state index contributed by atoms with van der Waals surface area (Å²) in [4.78, 5) is 12.4. The predicted molar refractivity (Wildman–Crippen MR) is 123 cm³/mol. The number of aryl methyl sites for hydroxylation is 1. The maximum Gasteiger partial charge on any atom is 0.334 e. The van der Waals surface area contributed by atoms with Crippen LogP contribution in [0.2, 0.25) is 5.02 Å². The molecule has 0 bridgehead atoms. The largest absolute Gasteiger partial charge is 0.334 e. The summed E-state index contributed by atoms with van der Waals surface area (Å²) in [7, 11) is 1.41. The lowest BCUT2D eigenvalue weighted by Crippen LogP contribution is -2.07. The monoisotopic (exact) mass is 459 g/mol. The molecular weight excluding hydrogens is 437 g/mol. The maximum absolute atomic E-state index is 12.4. The highest BCUT2D eigenvalue weighted by atomic mass is 35.5. The molecule has 1 N–H and O–H groups in total. The van der Waals surface area contributed by atoms with E-state index in [9.17, 15) is 9.36 Å². The third kappa shape index (κ3) is 5.93. The molecule has 0 saturated carbocycles. The van der Waals surface area contributed by atoms with Gasteiger partial charge in [0.2, 0.25) is 5.91 Å². The molecule has 0 radical (unpaired) electrons. The van der Waals surface area contributed by atoms with E-state index < -0.39 is 7.60 Å². The van der Waals surface area contributed by atoms with Gasteiger partial charge in [0.15, 0.2) is 0 Å². The fourth-order valence-corrected chi connectivity index (χ4v) is 4.20. The first-order valence-electron chi connectivity index (χ1n) is 9.40. The lowest BCUT2D eigenvalue weighted by atomic mass is 10.1. The van der Waals surface area contributed by atoms with Crippen molar-refractivity contribution in [2.45, 2.75) is 6.16 Å². The summed E-state index contributed by atoms with van der Waals surface area (Å²) in [6.07, 6.45) is 5.03. The van der Waals surface area contributed by atoms with Gasteiger partial charge in [-0.15, -0.1) is 0 Å². The first kappa shape index (κ1) is 23.0. The van der Waals surface area contributed by atoms with Gasteiger partial charge in [-0.05, 0) is 35.9 Å². The third-order valence-corrected chi connectivity index (χ3v) is 6.77. The normalized spacial score (nSPS) is 11.7. The Morgan fingerprint density at radius 3 is 2.39 bits per heavy atom. The molecule has 1 amide bonds. The fraction of sp³-hybridized carbons (Fsp3) is 0.182. The number of benzene rings is 2. The smallest absolute Gasteiger partial charge is 0.323 e. The summed E-state index contributed by atoms with van der Waals surface area (Å²) in [5.41, 5.74) is 4.04. The van der Waals surface area contributed by atoms with Crippen LogP contribution in [0.1, 0.15) is 11.1 Å². The van der Waals surface area contributed by atoms with Crippen LogP contribution in [0.4, 0.5) is 5.69 Å². The zero-order valence-corrected chi connectivity index (χ0v) is 19.1. The SMILES string of the molecule is COP(=O)(Cc1ccc(NC(=O)/C=C/c2cnn(C)c2-c2ccc(Cl)cc2)cc1)OC. The van der Waals surface area contributed by atoms with Crippen molar-refractivity contribution in [3.63, 3.8) is 0 Å². The summed E-state index contributed by atoms with van der Waals surface area (Å²) in [5, 5.41) is 7.74. The molecule has 2 aromatic carbocycles. The molecule has 1 aromatic heterocycles. The number of carbonyl (C=O) groups is 1. The summed E-state index contributed by atoms with van der Waals surface area (Å²) in [5.74, 6) is -0.280. The number of anilines is 1. The number of hydrogen-bond donors (Lipinski definition) is 1. The quantitative estimate of drug-likeness (QED) is 0.361. The van der Waals surface area contributed by atoms with Gasteiger partial charge < -0.3 is 14.4 Å². The van der Waals surface area contributed by atoms with Crippen molar-refractivity contribution in [2.24, 2.45) is 7.05 Å². The molecule has 3 rings (SSSR count). The summed E-state index contributed by atoms with van der Waals surface area (Å²) in [6, 6.07) is 14.4. The van der Waals surface area contributed by atoms with Gasteiger partial charge in [-0.3, -0.25) is 14.0 Å². The minimum absolute atomic E-state index is 0.155. The average Bonchev–Trinajstić information content (AvgIpc) is 3.14. The van der Waals surface area contributed by atoms with E-state index in [0.29, 0.717) is 10.7 Å². The number of nitrogens with zero attached hydrogens (tertiary/aromatic N) is 2. The molecule has 3 aromatic rings. The van der Waals surface area contributed by atoms with Gasteiger partial charge in [0.05, 0.1) is 18.1 Å². The number of nitrogens with one attached hydrogen (secondary N) is 1. The van der Waals surface area contributed by atoms with Crippen molar-refractivity contribution in [1.82, 2.24) is 9.78 Å². The zero-order valence-electron chi connectivity index (χ0n) is 17.4. The molecular formula is C22H23ClN3O4P. The van der Waals surface area contributed by atoms with Crippen molar-refractivity contribution in [3.05, 3.63) is 77.0 Å². The molecule has 0 aliphatic heterocycles. The number of hydrogen-bond acceptors (Lipinski definition) is 5. The Bertz CT molecular complexity index is 1120. The Balaban J connectivity index is 1.68. The lowest BCUT2D eigenvalue weighted by Gasteiger charge is -2.13. The van der Waals surface area contributed by atoms with Crippen molar-refractivity contribution in [2.75, 3.05) is 19.5 Å². The number of carbonyl (C=O) groups excluding carboxylic acids is 1. The Morgan fingerprint density at radius 2 is 1.77 bits per heavy atom. The van der Waals surface area contributed by atoms with E-state index in [4.69, 9.17) is 20.6 Å². The van der Waals surface area contributed by atoms with Gasteiger partial charge in [-0.2, -0.15) is 5.10 Å². The second-order valence-electron chi connectivity index (χ2n) is 6.73. The summed E-state index contributed by atoms with van der Waals surface area (Å²) < 4.78 is 23.9. The van der Waals surface area contributed by atoms with Crippen LogP contribution in [0.15, 0.2) is 60.8 Å². The minimum Gasteiger partial charge on any atom is -0.323 e. The van der Waals surface area contributed by atoms with E-state index in [-0.39, 0.29) is 12.1 Å². The van der Waals surface area contributed by atoms with Gasteiger partial charge in [-0.25, -0.2) is 0 Å². The molecule has 0 atom stereocenters. The van der Waals surface area contributed by atoms with Crippen LogP contribution in [-0.4, -0.2) is 29.9 Å². The van der Waals surface area contributed by atoms with E-state index in [0.717, 1.165) is 22.4 Å². The van der Waals surface area contributed by atoms with Crippen molar-refractivity contribution in [1.29, 1.82) is 0 Å². The molecule has 7 nitrogen and oxygen atoms in total. The average molecular weight is 460 g/mol. The fourth-order valence-electron chi connectivity index (χ4n) is 3.01. The predicted octanol–water partition coefficient (Wildman–Crippen LogP) is 5.38. The first-order valence-corrected chi connectivity index (χ1v) is 11.5. The molecule has 0 unspecified atom stereocenters. The van der Waals surface area contributed by atoms with Crippen LogP contribution in [0, 0.1) is 0 Å². The van der Waals surface area contributed by atoms with E-state index >= 15 is 0 Å². The molecule has 0 aliphatic rings. The topological polar surface area (TPSA) is 82.5 Å². The van der Waals surface area contributed by atoms with Crippen molar-refractivity contribution < 1.29 is 18.4 Å². The van der Waals surface area contributed by atoms with E-state index in [1.807, 2.05) is 31.3 Å². The number of halogens is 1. The Morgan fingerprint density at radius 1 is 1.13 bits per heavy atom. The van der Waals surface area contributed by atoms with Gasteiger partial charge in [0, 0.05) is 49.2 Å². The van der Waals surface area contributed by atoms with Crippen LogP contribution in [0.3, 0.4) is 0 Å². The number of aromatic nitrogens is 2. The molecule has 1 heterocycles. The second kappa shape index (κ2) is 10.1. The highest BCUT2D eigenvalue weighted by molar-refractivity contribution is 7.52. The number of rotatable bonds is 8. The molecule has 0 aliphatic carbocycles. The van der Waals surface area contributed by atoms with E-state index in [1.165, 1.54) is 20.3 Å². The van der Waals surface area contributed by atoms with Gasteiger partial charge >= 0.3 is 7.60 Å². The van der Waals surface area contributed by atoms with Crippen molar-refractivity contribution in [3.8, 4) is 11.3 Å². The van der Waals surface area contributed by atoms with Gasteiger partial charge in [-0.1, -0.05) is 35.9 Å². The first-order chi connectivity index (χ1) is 14.8. The molecule has 0 saturated heterocycles. The highest BCUT2D eigenvalue weighted by Gasteiger charge is 2.21. The highest BCUT2D eigenvalue weighted by Crippen LogP contribution is 2.49. The minimum atomic E-state index is -3.14. The molecule has 0 spiro atoms. The van der Waals surface area contributed by atoms with Gasteiger partial charge in [0.25, 0.3) is 0 Å². The standard InChI is InChI=1S/C22H23ClN3O4P/c1-26-22(17-6-9-19(23)10-7-17)18(14-24-26)8-13-21(27)25-20-11-4-16(5-12-20)15-31(28,29-2)30-3/h4-14H,15H2,1-3H3,(H,25,27)/b13-8+. The summed E-state index contributed by atoms with van der Waals surface area (Å²) >= 11 is 5.97. The van der Waals surface area contributed by atoms with Crippen LogP contribution in [0.25, 0.3) is 17.3 Å². The third-order valence-electron chi connectivity index (χ3n) is 4.65. The van der Waals surface area contributed by atoms with Crippen LogP contribution in [0.5, 0.6) is 0 Å². The number of amides is 1. The Hall–Kier alpha value is -2.70. The van der Waals surface area contributed by atoms with E-state index in [2.05, 4.69) is 10.4 Å². The van der Waals surface area contributed by atoms with Gasteiger partial charge in [0.1, 0.15) is 0 Å². The molecule has 31 heavy (non-hydrogen) atoms. The van der Waals surface area contributed by atoms with Crippen molar-refractivity contribution >= 4 is 36.9 Å². The second-order valence-corrected chi connectivity index (χ2v) is 9.44.